The number of carbonyl (C=O) groups excluding carboxylic acids is 2. The molecule has 0 radical (unpaired) electrons. The number of hydrogen-bond acceptors (Lipinski definition) is 5. The monoisotopic (exact) mass is 895 g/mol. The van der Waals surface area contributed by atoms with Gasteiger partial charge in [-0.3, -0.25) is 9.59 Å². The van der Waals surface area contributed by atoms with Gasteiger partial charge >= 0.3 is 11.9 Å². The van der Waals surface area contributed by atoms with E-state index in [4.69, 9.17) is 14.2 Å². The lowest BCUT2D eigenvalue weighted by molar-refractivity contribution is -0.163. The van der Waals surface area contributed by atoms with E-state index < -0.39 is 6.10 Å². The Morgan fingerprint density at radius 3 is 1.14 bits per heavy atom. The first kappa shape index (κ1) is 61.6. The third-order valence-electron chi connectivity index (χ3n) is 12.0. The highest BCUT2D eigenvalue weighted by molar-refractivity contribution is 5.70. The van der Waals surface area contributed by atoms with Crippen LogP contribution in [-0.4, -0.2) is 37.9 Å². The molecule has 0 saturated carbocycles. The number of esters is 2. The summed E-state index contributed by atoms with van der Waals surface area (Å²) in [5.41, 5.74) is 0. The van der Waals surface area contributed by atoms with E-state index in [9.17, 15) is 9.59 Å². The van der Waals surface area contributed by atoms with Crippen LogP contribution in [0.1, 0.15) is 278 Å². The Balaban J connectivity index is 4.30. The van der Waals surface area contributed by atoms with Crippen molar-refractivity contribution in [2.45, 2.75) is 284 Å². The van der Waals surface area contributed by atoms with Gasteiger partial charge in [-0.05, 0) is 83.5 Å². The summed E-state index contributed by atoms with van der Waals surface area (Å²) in [5.74, 6) is -0.418. The second-order valence-electron chi connectivity index (χ2n) is 18.5. The molecule has 0 N–H and O–H groups in total. The predicted octanol–water partition coefficient (Wildman–Crippen LogP) is 18.9. The number of rotatable bonds is 51. The summed E-state index contributed by atoms with van der Waals surface area (Å²) < 4.78 is 17.4. The third kappa shape index (κ3) is 52.2. The molecule has 1 atom stereocenters. The second-order valence-corrected chi connectivity index (χ2v) is 18.5. The van der Waals surface area contributed by atoms with Gasteiger partial charge in [-0.2, -0.15) is 0 Å². The molecule has 0 amide bonds. The maximum absolute atomic E-state index is 12.8. The summed E-state index contributed by atoms with van der Waals surface area (Å²) in [5, 5.41) is 0. The predicted molar refractivity (Wildman–Crippen MR) is 279 cm³/mol. The minimum Gasteiger partial charge on any atom is -0.462 e. The topological polar surface area (TPSA) is 61.8 Å². The lowest BCUT2D eigenvalue weighted by Gasteiger charge is -2.18. The highest BCUT2D eigenvalue weighted by atomic mass is 16.6. The average molecular weight is 895 g/mol. The maximum Gasteiger partial charge on any atom is 0.306 e. The van der Waals surface area contributed by atoms with Crippen LogP contribution in [0, 0.1) is 0 Å². The summed E-state index contributed by atoms with van der Waals surface area (Å²) >= 11 is 0. The molecular weight excluding hydrogens is 789 g/mol. The van der Waals surface area contributed by atoms with Crippen molar-refractivity contribution in [2.75, 3.05) is 19.8 Å². The standard InChI is InChI=1S/C59H106O5/c1-4-7-10-13-16-19-22-25-28-30-32-34-37-40-43-46-49-52-58(60)63-56-57(55-62-54-51-48-45-42-39-36-27-24-21-18-15-12-9-6-3)64-59(61)53-50-47-44-41-38-35-33-31-29-26-23-20-17-14-11-8-5-2/h7,10,16,19,25-26,28-29,32,34,57H,4-6,8-9,11-15,17-18,20-24,27,30-31,33,35-56H2,1-3H3/b10-7-,19-16-,28-25-,29-26-,34-32-. The van der Waals surface area contributed by atoms with Gasteiger partial charge in [-0.15, -0.1) is 0 Å². The molecule has 0 spiro atoms. The van der Waals surface area contributed by atoms with Crippen molar-refractivity contribution in [3.8, 4) is 0 Å². The summed E-state index contributed by atoms with van der Waals surface area (Å²) in [4.78, 5) is 25.5. The first-order valence-electron chi connectivity index (χ1n) is 27.8. The van der Waals surface area contributed by atoms with Gasteiger partial charge in [-0.25, -0.2) is 0 Å². The van der Waals surface area contributed by atoms with E-state index in [0.717, 1.165) is 89.9 Å². The molecule has 0 rings (SSSR count). The lowest BCUT2D eigenvalue weighted by Crippen LogP contribution is -2.30. The molecular formula is C59H106O5. The Kier molecular flexibility index (Phi) is 52.9. The third-order valence-corrected chi connectivity index (χ3v) is 12.0. The zero-order chi connectivity index (χ0) is 46.3. The van der Waals surface area contributed by atoms with Gasteiger partial charge in [-0.1, -0.05) is 242 Å². The summed E-state index contributed by atoms with van der Waals surface area (Å²) in [6.45, 7) is 7.72. The largest absolute Gasteiger partial charge is 0.462 e. The highest BCUT2D eigenvalue weighted by Crippen LogP contribution is 2.15. The quantitative estimate of drug-likeness (QED) is 0.0346. The summed E-state index contributed by atoms with van der Waals surface area (Å²) in [6, 6.07) is 0. The molecule has 64 heavy (non-hydrogen) atoms. The van der Waals surface area contributed by atoms with Crippen molar-refractivity contribution in [2.24, 2.45) is 0 Å². The van der Waals surface area contributed by atoms with Crippen LogP contribution in [0.4, 0.5) is 0 Å². The van der Waals surface area contributed by atoms with E-state index in [1.165, 1.54) is 154 Å². The summed E-state index contributed by atoms with van der Waals surface area (Å²) in [6.07, 6.45) is 69.5. The van der Waals surface area contributed by atoms with Gasteiger partial charge in [0, 0.05) is 19.4 Å². The number of carbonyl (C=O) groups is 2. The fraction of sp³-hybridized carbons (Fsp3) is 0.797. The molecule has 0 aromatic carbocycles. The fourth-order valence-electron chi connectivity index (χ4n) is 7.91. The SMILES string of the molecule is CC/C=C\C/C=C\C/C=C\C/C=C\CCCCCCC(=O)OCC(COCCCCCCCCCCCCCCCC)OC(=O)CCCCCCCCC/C=C\CCCCCCCC. The van der Waals surface area contributed by atoms with Crippen molar-refractivity contribution in [1.82, 2.24) is 0 Å². The van der Waals surface area contributed by atoms with Crippen LogP contribution >= 0.6 is 0 Å². The average Bonchev–Trinajstić information content (AvgIpc) is 3.30. The van der Waals surface area contributed by atoms with Gasteiger partial charge in [0.05, 0.1) is 6.61 Å². The molecule has 0 aromatic rings. The van der Waals surface area contributed by atoms with Gasteiger partial charge in [0.15, 0.2) is 6.10 Å². The minimum atomic E-state index is -0.547. The Morgan fingerprint density at radius 2 is 0.703 bits per heavy atom. The zero-order valence-corrected chi connectivity index (χ0v) is 42.8. The smallest absolute Gasteiger partial charge is 0.306 e. The molecule has 0 aromatic heterocycles. The lowest BCUT2D eigenvalue weighted by atomic mass is 10.0. The van der Waals surface area contributed by atoms with Crippen LogP contribution in [0.2, 0.25) is 0 Å². The molecule has 372 valence electrons. The molecule has 0 saturated heterocycles. The van der Waals surface area contributed by atoms with Crippen LogP contribution in [0.25, 0.3) is 0 Å². The van der Waals surface area contributed by atoms with Crippen molar-refractivity contribution in [3.63, 3.8) is 0 Å². The number of hydrogen-bond donors (Lipinski definition) is 0. The first-order valence-corrected chi connectivity index (χ1v) is 27.8. The molecule has 5 nitrogen and oxygen atoms in total. The van der Waals surface area contributed by atoms with Crippen LogP contribution < -0.4 is 0 Å². The van der Waals surface area contributed by atoms with E-state index in [-0.39, 0.29) is 25.2 Å². The van der Waals surface area contributed by atoms with Crippen LogP contribution in [-0.2, 0) is 23.8 Å². The first-order chi connectivity index (χ1) is 31.6. The van der Waals surface area contributed by atoms with E-state index in [1.807, 2.05) is 0 Å². The molecule has 0 fully saturated rings. The van der Waals surface area contributed by atoms with Crippen LogP contribution in [0.3, 0.4) is 0 Å². The van der Waals surface area contributed by atoms with Crippen LogP contribution in [0.5, 0.6) is 0 Å². The molecule has 0 aliphatic carbocycles. The Morgan fingerprint density at radius 1 is 0.359 bits per heavy atom. The van der Waals surface area contributed by atoms with E-state index in [2.05, 4.69) is 81.5 Å². The van der Waals surface area contributed by atoms with Gasteiger partial charge in [0.2, 0.25) is 0 Å². The van der Waals surface area contributed by atoms with Crippen molar-refractivity contribution in [3.05, 3.63) is 60.8 Å². The Labute approximate surface area is 398 Å². The van der Waals surface area contributed by atoms with E-state index in [0.29, 0.717) is 19.4 Å². The maximum atomic E-state index is 12.8. The van der Waals surface area contributed by atoms with Gasteiger partial charge in [0.1, 0.15) is 6.61 Å². The molecule has 1 unspecified atom stereocenters. The molecule has 0 aliphatic rings. The van der Waals surface area contributed by atoms with E-state index in [1.54, 1.807) is 0 Å². The normalized spacial score (nSPS) is 12.6. The van der Waals surface area contributed by atoms with Gasteiger partial charge in [0.25, 0.3) is 0 Å². The minimum absolute atomic E-state index is 0.0728. The van der Waals surface area contributed by atoms with Crippen molar-refractivity contribution < 1.29 is 23.8 Å². The number of unbranched alkanes of at least 4 members (excludes halogenated alkanes) is 30. The molecule has 5 heteroatoms. The molecule has 0 bridgehead atoms. The second kappa shape index (κ2) is 54.9. The van der Waals surface area contributed by atoms with E-state index >= 15 is 0 Å². The Bertz CT molecular complexity index is 1100. The van der Waals surface area contributed by atoms with Crippen LogP contribution in [0.15, 0.2) is 60.8 Å². The zero-order valence-electron chi connectivity index (χ0n) is 42.8. The summed E-state index contributed by atoms with van der Waals surface area (Å²) in [7, 11) is 0. The Hall–Kier alpha value is -2.40. The number of ether oxygens (including phenoxy) is 3. The van der Waals surface area contributed by atoms with Crippen molar-refractivity contribution >= 4 is 11.9 Å². The molecule has 0 aliphatic heterocycles. The molecule has 0 heterocycles. The van der Waals surface area contributed by atoms with Crippen molar-refractivity contribution in [1.29, 1.82) is 0 Å². The highest BCUT2D eigenvalue weighted by Gasteiger charge is 2.17. The van der Waals surface area contributed by atoms with Gasteiger partial charge < -0.3 is 14.2 Å². The number of allylic oxidation sites excluding steroid dienone is 10. The fourth-order valence-corrected chi connectivity index (χ4v) is 7.91.